The lowest BCUT2D eigenvalue weighted by atomic mass is 9.77. The third kappa shape index (κ3) is 3.63. The van der Waals surface area contributed by atoms with Crippen LogP contribution >= 0.6 is 0 Å². The van der Waals surface area contributed by atoms with Crippen molar-refractivity contribution in [2.24, 2.45) is 5.92 Å². The van der Waals surface area contributed by atoms with Gasteiger partial charge in [-0.1, -0.05) is 6.07 Å². The fraction of sp³-hybridized carbons (Fsp3) is 0.263. The third-order valence-electron chi connectivity index (χ3n) is 4.78. The van der Waals surface area contributed by atoms with Gasteiger partial charge in [0.2, 0.25) is 5.72 Å². The molecule has 0 aliphatic carbocycles. The molecule has 0 unspecified atom stereocenters. The Bertz CT molecular complexity index is 980. The number of methoxy groups -OCH3 is 1. The predicted molar refractivity (Wildman–Crippen MR) is 94.3 cm³/mol. The van der Waals surface area contributed by atoms with Crippen molar-refractivity contribution in [3.05, 3.63) is 59.4 Å². The van der Waals surface area contributed by atoms with E-state index in [-0.39, 0.29) is 22.6 Å². The Hall–Kier alpha value is -3.34. The first kappa shape index (κ1) is 21.4. The van der Waals surface area contributed by atoms with E-state index >= 15 is 0 Å². The summed E-state index contributed by atoms with van der Waals surface area (Å²) in [6, 6.07) is 4.10. The molecule has 11 heteroatoms. The summed E-state index contributed by atoms with van der Waals surface area (Å²) < 4.78 is 59.6. The number of hydrogen-bond acceptors (Lipinski definition) is 5. The normalized spacial score (nSPS) is 24.0. The van der Waals surface area contributed by atoms with Crippen molar-refractivity contribution in [3.63, 3.8) is 0 Å². The van der Waals surface area contributed by atoms with Crippen LogP contribution in [-0.4, -0.2) is 41.0 Å². The molecular formula is C19H16F4N2O5. The SMILES string of the molecule is COc1cc([C@@H]2NC(=O)N[C@](O)(C(F)(F)F)[C@H]2C(=O)c2ccc(F)cc2)ccc1O. The first-order valence-electron chi connectivity index (χ1n) is 8.52. The molecule has 30 heavy (non-hydrogen) atoms. The van der Waals surface area contributed by atoms with Crippen LogP contribution in [0.1, 0.15) is 22.0 Å². The van der Waals surface area contributed by atoms with Gasteiger partial charge < -0.3 is 25.6 Å². The fourth-order valence-electron chi connectivity index (χ4n) is 3.30. The van der Waals surface area contributed by atoms with E-state index in [0.717, 1.165) is 36.4 Å². The zero-order valence-corrected chi connectivity index (χ0v) is 15.3. The minimum Gasteiger partial charge on any atom is -0.504 e. The zero-order valence-electron chi connectivity index (χ0n) is 15.3. The predicted octanol–water partition coefficient (Wildman–Crippen LogP) is 2.64. The second kappa shape index (κ2) is 7.48. The van der Waals surface area contributed by atoms with E-state index in [1.807, 2.05) is 0 Å². The van der Waals surface area contributed by atoms with Crippen molar-refractivity contribution < 1.29 is 42.1 Å². The number of rotatable bonds is 4. The van der Waals surface area contributed by atoms with Gasteiger partial charge in [-0.25, -0.2) is 9.18 Å². The second-order valence-corrected chi connectivity index (χ2v) is 6.62. The fourth-order valence-corrected chi connectivity index (χ4v) is 3.30. The first-order valence-corrected chi connectivity index (χ1v) is 8.52. The number of carbonyl (C=O) groups is 2. The minimum absolute atomic E-state index is 0.0392. The number of amides is 2. The molecule has 3 rings (SSSR count). The van der Waals surface area contributed by atoms with Crippen molar-refractivity contribution >= 4 is 11.8 Å². The average molecular weight is 428 g/mol. The quantitative estimate of drug-likeness (QED) is 0.443. The number of hydrogen-bond donors (Lipinski definition) is 4. The molecule has 1 fully saturated rings. The zero-order chi connectivity index (χ0) is 22.3. The number of nitrogens with one attached hydrogen (secondary N) is 2. The van der Waals surface area contributed by atoms with Crippen LogP contribution in [0.5, 0.6) is 11.5 Å². The number of ether oxygens (including phenoxy) is 1. The Morgan fingerprint density at radius 1 is 1.17 bits per heavy atom. The maximum atomic E-state index is 13.8. The molecule has 160 valence electrons. The number of Topliss-reactive ketones (excluding diaryl/α,β-unsaturated/α-hetero) is 1. The molecule has 0 radical (unpaired) electrons. The molecule has 0 aromatic heterocycles. The summed E-state index contributed by atoms with van der Waals surface area (Å²) in [5.74, 6) is -4.64. The number of benzene rings is 2. The molecule has 0 saturated carbocycles. The second-order valence-electron chi connectivity index (χ2n) is 6.62. The summed E-state index contributed by atoms with van der Waals surface area (Å²) >= 11 is 0. The molecule has 1 aliphatic heterocycles. The highest BCUT2D eigenvalue weighted by Gasteiger charge is 2.66. The molecule has 1 saturated heterocycles. The smallest absolute Gasteiger partial charge is 0.437 e. The number of halogens is 4. The molecule has 0 bridgehead atoms. The number of aromatic hydroxyl groups is 1. The molecule has 4 N–H and O–H groups in total. The summed E-state index contributed by atoms with van der Waals surface area (Å²) in [5, 5.41) is 23.8. The molecule has 3 atom stereocenters. The van der Waals surface area contributed by atoms with Crippen LogP contribution in [0.25, 0.3) is 0 Å². The third-order valence-corrected chi connectivity index (χ3v) is 4.78. The first-order chi connectivity index (χ1) is 14.0. The molecule has 2 aromatic rings. The van der Waals surface area contributed by atoms with Gasteiger partial charge in [0.25, 0.3) is 0 Å². The topological polar surface area (TPSA) is 108 Å². The molecule has 1 heterocycles. The lowest BCUT2D eigenvalue weighted by molar-refractivity contribution is -0.287. The van der Waals surface area contributed by atoms with E-state index in [4.69, 9.17) is 4.74 Å². The van der Waals surface area contributed by atoms with Crippen molar-refractivity contribution in [2.75, 3.05) is 7.11 Å². The summed E-state index contributed by atoms with van der Waals surface area (Å²) in [4.78, 5) is 25.0. The van der Waals surface area contributed by atoms with E-state index in [0.29, 0.717) is 0 Å². The molecule has 7 nitrogen and oxygen atoms in total. The maximum absolute atomic E-state index is 13.8. The lowest BCUT2D eigenvalue weighted by Crippen LogP contribution is -2.72. The van der Waals surface area contributed by atoms with Crippen molar-refractivity contribution in [1.29, 1.82) is 0 Å². The van der Waals surface area contributed by atoms with E-state index in [1.165, 1.54) is 18.5 Å². The Kier molecular flexibility index (Phi) is 5.33. The van der Waals surface area contributed by atoms with E-state index < -0.39 is 41.5 Å². The van der Waals surface area contributed by atoms with Crippen LogP contribution in [0.15, 0.2) is 42.5 Å². The van der Waals surface area contributed by atoms with Crippen LogP contribution in [-0.2, 0) is 0 Å². The number of ketones is 1. The van der Waals surface area contributed by atoms with Crippen LogP contribution < -0.4 is 15.4 Å². The molecule has 2 aromatic carbocycles. The Morgan fingerprint density at radius 3 is 2.37 bits per heavy atom. The van der Waals surface area contributed by atoms with Crippen LogP contribution in [0.3, 0.4) is 0 Å². The average Bonchev–Trinajstić information content (AvgIpc) is 2.67. The number of carbonyl (C=O) groups excluding carboxylic acids is 2. The standard InChI is InChI=1S/C19H16F4N2O5/c1-30-13-8-10(4-7-12(13)26)15-14(16(27)9-2-5-11(20)6-3-9)18(29,19(21,22)23)25-17(28)24-15/h2-8,14-15,26,29H,1H3,(H2,24,25,28)/t14-,15+,18-/m1/s1. The minimum atomic E-state index is -5.43. The van der Waals surface area contributed by atoms with E-state index in [1.54, 1.807) is 0 Å². The van der Waals surface area contributed by atoms with Crippen LogP contribution in [0.2, 0.25) is 0 Å². The monoisotopic (exact) mass is 428 g/mol. The van der Waals surface area contributed by atoms with Gasteiger partial charge in [-0.3, -0.25) is 4.79 Å². The van der Waals surface area contributed by atoms with Crippen molar-refractivity contribution in [2.45, 2.75) is 17.9 Å². The molecule has 0 spiro atoms. The molecular weight excluding hydrogens is 412 g/mol. The highest BCUT2D eigenvalue weighted by Crippen LogP contribution is 2.45. The number of urea groups is 1. The van der Waals surface area contributed by atoms with Gasteiger partial charge in [0.05, 0.1) is 13.2 Å². The largest absolute Gasteiger partial charge is 0.504 e. The molecule has 2 amide bonds. The van der Waals surface area contributed by atoms with Gasteiger partial charge in [-0.15, -0.1) is 0 Å². The Balaban J connectivity index is 2.18. The van der Waals surface area contributed by atoms with Gasteiger partial charge in [0.1, 0.15) is 11.7 Å². The number of aliphatic hydroxyl groups is 1. The number of phenols is 1. The number of alkyl halides is 3. The van der Waals surface area contributed by atoms with Gasteiger partial charge in [-0.2, -0.15) is 13.2 Å². The molecule has 1 aliphatic rings. The Morgan fingerprint density at radius 2 is 1.80 bits per heavy atom. The van der Waals surface area contributed by atoms with E-state index in [2.05, 4.69) is 5.32 Å². The number of phenolic OH excluding ortho intramolecular Hbond substituents is 1. The van der Waals surface area contributed by atoms with Crippen molar-refractivity contribution in [3.8, 4) is 11.5 Å². The van der Waals surface area contributed by atoms with Crippen LogP contribution in [0.4, 0.5) is 22.4 Å². The lowest BCUT2D eigenvalue weighted by Gasteiger charge is -2.45. The summed E-state index contributed by atoms with van der Waals surface area (Å²) in [6.07, 6.45) is -5.43. The van der Waals surface area contributed by atoms with E-state index in [9.17, 15) is 37.4 Å². The highest BCUT2D eigenvalue weighted by molar-refractivity contribution is 6.00. The van der Waals surface area contributed by atoms with Crippen molar-refractivity contribution in [1.82, 2.24) is 10.6 Å². The van der Waals surface area contributed by atoms with Gasteiger partial charge in [0, 0.05) is 5.56 Å². The van der Waals surface area contributed by atoms with Gasteiger partial charge in [0.15, 0.2) is 17.3 Å². The maximum Gasteiger partial charge on any atom is 0.437 e. The van der Waals surface area contributed by atoms with Crippen LogP contribution in [0, 0.1) is 11.7 Å². The summed E-state index contributed by atoms with van der Waals surface area (Å²) in [7, 11) is 1.20. The van der Waals surface area contributed by atoms with Gasteiger partial charge in [-0.05, 0) is 42.0 Å². The summed E-state index contributed by atoms with van der Waals surface area (Å²) in [5.41, 5.74) is -4.27. The summed E-state index contributed by atoms with van der Waals surface area (Å²) in [6.45, 7) is 0. The van der Waals surface area contributed by atoms with Gasteiger partial charge >= 0.3 is 12.2 Å². The Labute approximate surface area is 167 Å². The highest BCUT2D eigenvalue weighted by atomic mass is 19.4.